The zero-order chi connectivity index (χ0) is 6.97. The first-order valence-corrected chi connectivity index (χ1v) is 3.85. The van der Waals surface area contributed by atoms with Crippen LogP contribution in [-0.4, -0.2) is 4.86 Å². The monoisotopic (exact) mass is 148 g/mol. The fourth-order valence-electron chi connectivity index (χ4n) is 1.39. The first-order valence-electron chi connectivity index (χ1n) is 3.45. The molecule has 0 fully saturated rings. The molecule has 1 aromatic carbocycles. The van der Waals surface area contributed by atoms with Crippen LogP contribution in [0.5, 0.6) is 0 Å². The molecule has 0 radical (unpaired) electrons. The predicted molar refractivity (Wildman–Crippen MR) is 46.4 cm³/mol. The van der Waals surface area contributed by atoms with Crippen molar-refractivity contribution in [3.05, 3.63) is 35.4 Å². The largest absolute Gasteiger partial charge is 0.0890 e. The zero-order valence-electron chi connectivity index (χ0n) is 5.63. The molecule has 0 heterocycles. The molecule has 0 aliphatic heterocycles. The summed E-state index contributed by atoms with van der Waals surface area (Å²) in [5, 5.41) is 0. The summed E-state index contributed by atoms with van der Waals surface area (Å²) in [4.78, 5) is 1.18. The quantitative estimate of drug-likeness (QED) is 0.508. The SMILES string of the molecule is S=C1Cc2ccccc2C1. The molecule has 1 aliphatic rings. The third kappa shape index (κ3) is 0.868. The first kappa shape index (κ1) is 6.05. The molecule has 50 valence electrons. The Bertz CT molecular complexity index is 249. The van der Waals surface area contributed by atoms with E-state index in [1.54, 1.807) is 0 Å². The molecule has 0 nitrogen and oxygen atoms in total. The Morgan fingerprint density at radius 3 is 2.00 bits per heavy atom. The third-order valence-electron chi connectivity index (χ3n) is 1.89. The Hall–Kier alpha value is -0.690. The van der Waals surface area contributed by atoms with Crippen molar-refractivity contribution in [3.63, 3.8) is 0 Å². The summed E-state index contributed by atoms with van der Waals surface area (Å²) in [5.41, 5.74) is 2.85. The molecule has 10 heavy (non-hydrogen) atoms. The van der Waals surface area contributed by atoms with Crippen molar-refractivity contribution >= 4 is 17.1 Å². The van der Waals surface area contributed by atoms with Gasteiger partial charge < -0.3 is 0 Å². The highest BCUT2D eigenvalue weighted by atomic mass is 32.1. The molecule has 0 atom stereocenters. The molecule has 0 N–H and O–H groups in total. The van der Waals surface area contributed by atoms with E-state index in [4.69, 9.17) is 12.2 Å². The molecule has 0 amide bonds. The normalized spacial score (nSPS) is 15.4. The Morgan fingerprint density at radius 1 is 1.00 bits per heavy atom. The van der Waals surface area contributed by atoms with Crippen LogP contribution in [0.25, 0.3) is 0 Å². The van der Waals surface area contributed by atoms with E-state index in [0.29, 0.717) is 0 Å². The van der Waals surface area contributed by atoms with E-state index in [0.717, 1.165) is 12.8 Å². The fourth-order valence-corrected chi connectivity index (χ4v) is 1.70. The number of rotatable bonds is 0. The molecule has 0 unspecified atom stereocenters. The van der Waals surface area contributed by atoms with Crippen LogP contribution >= 0.6 is 12.2 Å². The molecule has 1 heteroatoms. The number of hydrogen-bond donors (Lipinski definition) is 0. The predicted octanol–water partition coefficient (Wildman–Crippen LogP) is 2.16. The molecular weight excluding hydrogens is 140 g/mol. The van der Waals surface area contributed by atoms with Gasteiger partial charge in [-0.25, -0.2) is 0 Å². The Kier molecular flexibility index (Phi) is 1.31. The van der Waals surface area contributed by atoms with Crippen molar-refractivity contribution < 1.29 is 0 Å². The van der Waals surface area contributed by atoms with Crippen molar-refractivity contribution in [2.75, 3.05) is 0 Å². The van der Waals surface area contributed by atoms with Crippen LogP contribution in [0.3, 0.4) is 0 Å². The van der Waals surface area contributed by atoms with Gasteiger partial charge in [-0.1, -0.05) is 36.5 Å². The van der Waals surface area contributed by atoms with Crippen LogP contribution < -0.4 is 0 Å². The van der Waals surface area contributed by atoms with Gasteiger partial charge in [-0.05, 0) is 11.1 Å². The lowest BCUT2D eigenvalue weighted by Gasteiger charge is -1.92. The second-order valence-electron chi connectivity index (χ2n) is 2.66. The van der Waals surface area contributed by atoms with Crippen LogP contribution in [0, 0.1) is 0 Å². The molecular formula is C9H8S. The Morgan fingerprint density at radius 2 is 1.50 bits per heavy atom. The minimum Gasteiger partial charge on any atom is -0.0890 e. The molecule has 0 spiro atoms. The second kappa shape index (κ2) is 2.17. The van der Waals surface area contributed by atoms with Crippen LogP contribution in [0.4, 0.5) is 0 Å². The lowest BCUT2D eigenvalue weighted by Crippen LogP contribution is -1.88. The van der Waals surface area contributed by atoms with Gasteiger partial charge >= 0.3 is 0 Å². The number of benzene rings is 1. The highest BCUT2D eigenvalue weighted by Gasteiger charge is 2.12. The molecule has 0 aromatic heterocycles. The smallest absolute Gasteiger partial charge is 0.00444 e. The Labute approximate surface area is 65.9 Å². The summed E-state index contributed by atoms with van der Waals surface area (Å²) in [7, 11) is 0. The van der Waals surface area contributed by atoms with Gasteiger partial charge in [0.1, 0.15) is 0 Å². The summed E-state index contributed by atoms with van der Waals surface area (Å²) in [6.07, 6.45) is 2.04. The van der Waals surface area contributed by atoms with Gasteiger partial charge in [0.25, 0.3) is 0 Å². The standard InChI is InChI=1S/C9H8S/c10-9-5-7-3-1-2-4-8(7)6-9/h1-4H,5-6H2. The van der Waals surface area contributed by atoms with Gasteiger partial charge in [-0.15, -0.1) is 0 Å². The van der Waals surface area contributed by atoms with E-state index in [9.17, 15) is 0 Å². The molecule has 1 aromatic rings. The van der Waals surface area contributed by atoms with Crippen molar-refractivity contribution in [2.45, 2.75) is 12.8 Å². The maximum atomic E-state index is 5.12. The van der Waals surface area contributed by atoms with Gasteiger partial charge in [0.05, 0.1) is 0 Å². The van der Waals surface area contributed by atoms with Gasteiger partial charge in [0, 0.05) is 17.7 Å². The molecule has 0 bridgehead atoms. The van der Waals surface area contributed by atoms with Crippen LogP contribution in [0.2, 0.25) is 0 Å². The van der Waals surface area contributed by atoms with Crippen LogP contribution in [0.1, 0.15) is 11.1 Å². The maximum absolute atomic E-state index is 5.12. The summed E-state index contributed by atoms with van der Waals surface area (Å²) in [5.74, 6) is 0. The summed E-state index contributed by atoms with van der Waals surface area (Å²) < 4.78 is 0. The Balaban J connectivity index is 2.51. The topological polar surface area (TPSA) is 0 Å². The lowest BCUT2D eigenvalue weighted by atomic mass is 10.1. The average Bonchev–Trinajstić information content (AvgIpc) is 2.27. The molecule has 0 saturated carbocycles. The second-order valence-corrected chi connectivity index (χ2v) is 3.24. The van der Waals surface area contributed by atoms with Crippen molar-refractivity contribution in [3.8, 4) is 0 Å². The van der Waals surface area contributed by atoms with Gasteiger partial charge in [-0.3, -0.25) is 0 Å². The van der Waals surface area contributed by atoms with Gasteiger partial charge in [-0.2, -0.15) is 0 Å². The van der Waals surface area contributed by atoms with E-state index in [1.807, 2.05) is 0 Å². The van der Waals surface area contributed by atoms with Crippen molar-refractivity contribution in [1.29, 1.82) is 0 Å². The number of fused-ring (bicyclic) bond motifs is 1. The van der Waals surface area contributed by atoms with E-state index < -0.39 is 0 Å². The van der Waals surface area contributed by atoms with Gasteiger partial charge in [0.15, 0.2) is 0 Å². The van der Waals surface area contributed by atoms with E-state index in [-0.39, 0.29) is 0 Å². The lowest BCUT2D eigenvalue weighted by molar-refractivity contribution is 1.35. The maximum Gasteiger partial charge on any atom is 0.00444 e. The highest BCUT2D eigenvalue weighted by Crippen LogP contribution is 2.19. The minimum absolute atomic E-state index is 1.02. The fraction of sp³-hybridized carbons (Fsp3) is 0.222. The first-order chi connectivity index (χ1) is 4.86. The van der Waals surface area contributed by atoms with E-state index in [2.05, 4.69) is 24.3 Å². The molecule has 1 aliphatic carbocycles. The van der Waals surface area contributed by atoms with Crippen LogP contribution in [-0.2, 0) is 12.8 Å². The van der Waals surface area contributed by atoms with Crippen LogP contribution in [0.15, 0.2) is 24.3 Å². The van der Waals surface area contributed by atoms with Gasteiger partial charge in [0.2, 0.25) is 0 Å². The summed E-state index contributed by atoms with van der Waals surface area (Å²) in [6, 6.07) is 8.48. The minimum atomic E-state index is 1.02. The summed E-state index contributed by atoms with van der Waals surface area (Å²) >= 11 is 5.12. The number of hydrogen-bond acceptors (Lipinski definition) is 1. The van der Waals surface area contributed by atoms with Crippen molar-refractivity contribution in [1.82, 2.24) is 0 Å². The van der Waals surface area contributed by atoms with Crippen molar-refractivity contribution in [2.24, 2.45) is 0 Å². The molecule has 0 saturated heterocycles. The average molecular weight is 148 g/mol. The highest BCUT2D eigenvalue weighted by molar-refractivity contribution is 7.80. The zero-order valence-corrected chi connectivity index (χ0v) is 6.45. The van der Waals surface area contributed by atoms with E-state index >= 15 is 0 Å². The summed E-state index contributed by atoms with van der Waals surface area (Å²) in [6.45, 7) is 0. The third-order valence-corrected chi connectivity index (χ3v) is 2.18. The molecule has 2 rings (SSSR count). The van der Waals surface area contributed by atoms with E-state index in [1.165, 1.54) is 16.0 Å². The number of thiocarbonyl (C=S) groups is 1.